The lowest BCUT2D eigenvalue weighted by atomic mass is 9.87. The molecule has 1 fully saturated rings. The van der Waals surface area contributed by atoms with Crippen LogP contribution >= 0.6 is 0 Å². The number of hydrogen-bond acceptors (Lipinski definition) is 3. The van der Waals surface area contributed by atoms with Gasteiger partial charge in [-0.25, -0.2) is 0 Å². The Kier molecular flexibility index (Phi) is 12.4. The molecule has 3 nitrogen and oxygen atoms in total. The smallest absolute Gasteiger partial charge is 0.313 e. The molecule has 1 saturated heterocycles. The first kappa shape index (κ1) is 22.0. The van der Waals surface area contributed by atoms with Gasteiger partial charge in [0.2, 0.25) is 0 Å². The quantitative estimate of drug-likeness (QED) is 0.233. The third-order valence-electron chi connectivity index (χ3n) is 4.88. The minimum absolute atomic E-state index is 0.0153. The van der Waals surface area contributed by atoms with Crippen molar-refractivity contribution in [1.82, 2.24) is 0 Å². The van der Waals surface area contributed by atoms with Crippen LogP contribution in [0.15, 0.2) is 24.3 Å². The van der Waals surface area contributed by atoms with Crippen molar-refractivity contribution in [2.45, 2.75) is 103 Å². The van der Waals surface area contributed by atoms with Gasteiger partial charge in [-0.1, -0.05) is 76.7 Å². The Morgan fingerprint density at radius 1 is 1.00 bits per heavy atom. The van der Waals surface area contributed by atoms with Crippen LogP contribution in [0.5, 0.6) is 0 Å². The van der Waals surface area contributed by atoms with E-state index in [0.29, 0.717) is 12.8 Å². The molecule has 0 radical (unpaired) electrons. The predicted molar refractivity (Wildman–Crippen MR) is 104 cm³/mol. The normalized spacial score (nSPS) is 21.6. The van der Waals surface area contributed by atoms with Crippen LogP contribution in [0.3, 0.4) is 0 Å². The molecule has 1 aliphatic heterocycles. The number of rotatable bonds is 15. The summed E-state index contributed by atoms with van der Waals surface area (Å²) < 4.78 is 5.24. The molecular weight excluding hydrogens is 312 g/mol. The number of carbonyl (C=O) groups is 1. The van der Waals surface area contributed by atoms with Crippen molar-refractivity contribution >= 4 is 5.97 Å². The molecule has 1 aliphatic rings. The molecule has 0 aromatic carbocycles. The van der Waals surface area contributed by atoms with Gasteiger partial charge < -0.3 is 9.84 Å². The fourth-order valence-corrected chi connectivity index (χ4v) is 3.22. The molecule has 3 atom stereocenters. The summed E-state index contributed by atoms with van der Waals surface area (Å²) in [6, 6.07) is 0. The SMILES string of the molecule is CCCCC/C=C\C/C=C\C[C@@H](O)C[C@@H]1OC(=O)[C@H]1CCCCCC. The second-order valence-corrected chi connectivity index (χ2v) is 7.23. The van der Waals surface area contributed by atoms with Crippen molar-refractivity contribution in [3.63, 3.8) is 0 Å². The maximum atomic E-state index is 11.6. The van der Waals surface area contributed by atoms with E-state index in [9.17, 15) is 9.90 Å². The number of esters is 1. The van der Waals surface area contributed by atoms with Gasteiger partial charge >= 0.3 is 5.97 Å². The van der Waals surface area contributed by atoms with Gasteiger partial charge in [0.15, 0.2) is 0 Å². The Morgan fingerprint density at radius 3 is 2.44 bits per heavy atom. The van der Waals surface area contributed by atoms with E-state index in [1.807, 2.05) is 6.08 Å². The molecular formula is C22H38O3. The summed E-state index contributed by atoms with van der Waals surface area (Å²) in [6.45, 7) is 4.41. The predicted octanol–water partition coefficient (Wildman–Crippen LogP) is 5.72. The fraction of sp³-hybridized carbons (Fsp3) is 0.773. The fourth-order valence-electron chi connectivity index (χ4n) is 3.22. The van der Waals surface area contributed by atoms with Crippen LogP contribution in [0.25, 0.3) is 0 Å². The average molecular weight is 351 g/mol. The van der Waals surface area contributed by atoms with E-state index in [2.05, 4.69) is 32.1 Å². The highest BCUT2D eigenvalue weighted by molar-refractivity contribution is 5.78. The first-order chi connectivity index (χ1) is 12.2. The van der Waals surface area contributed by atoms with Crippen molar-refractivity contribution in [3.05, 3.63) is 24.3 Å². The van der Waals surface area contributed by atoms with Crippen molar-refractivity contribution in [2.24, 2.45) is 5.92 Å². The third kappa shape index (κ3) is 9.84. The van der Waals surface area contributed by atoms with Gasteiger partial charge in [-0.05, 0) is 32.1 Å². The van der Waals surface area contributed by atoms with Crippen LogP contribution < -0.4 is 0 Å². The molecule has 3 heteroatoms. The van der Waals surface area contributed by atoms with Crippen molar-refractivity contribution in [1.29, 1.82) is 0 Å². The van der Waals surface area contributed by atoms with Crippen molar-refractivity contribution in [3.8, 4) is 0 Å². The number of aliphatic hydroxyl groups is 1. The number of hydrogen-bond donors (Lipinski definition) is 1. The van der Waals surface area contributed by atoms with Crippen LogP contribution in [0.4, 0.5) is 0 Å². The largest absolute Gasteiger partial charge is 0.461 e. The van der Waals surface area contributed by atoms with Crippen LogP contribution in [0, 0.1) is 5.92 Å². The van der Waals surface area contributed by atoms with Gasteiger partial charge in [0.1, 0.15) is 6.10 Å². The number of unbranched alkanes of at least 4 members (excludes halogenated alkanes) is 6. The van der Waals surface area contributed by atoms with E-state index in [0.717, 1.165) is 25.7 Å². The molecule has 0 aliphatic carbocycles. The lowest BCUT2D eigenvalue weighted by molar-refractivity contribution is -0.188. The number of ether oxygens (including phenoxy) is 1. The molecule has 1 rings (SSSR count). The van der Waals surface area contributed by atoms with E-state index in [4.69, 9.17) is 4.74 Å². The van der Waals surface area contributed by atoms with E-state index in [1.165, 1.54) is 38.5 Å². The van der Waals surface area contributed by atoms with Crippen molar-refractivity contribution < 1.29 is 14.6 Å². The Balaban J connectivity index is 2.11. The standard InChI is InChI=1S/C22H38O3/c1-3-5-7-9-10-11-12-13-14-16-19(23)18-21-20(22(24)25-21)17-15-8-6-4-2/h10-11,13-14,19-21,23H,3-9,12,15-18H2,1-2H3/b11-10-,14-13-/t19-,20+,21+/m1/s1. The molecule has 0 spiro atoms. The van der Waals surface area contributed by atoms with Crippen LogP contribution in [-0.2, 0) is 9.53 Å². The molecule has 0 saturated carbocycles. The second kappa shape index (κ2) is 14.1. The number of aliphatic hydroxyl groups excluding tert-OH is 1. The molecule has 0 aromatic rings. The van der Waals surface area contributed by atoms with E-state index in [-0.39, 0.29) is 18.0 Å². The first-order valence-corrected chi connectivity index (χ1v) is 10.4. The topological polar surface area (TPSA) is 46.5 Å². The van der Waals surface area contributed by atoms with Gasteiger partial charge in [-0.15, -0.1) is 0 Å². The van der Waals surface area contributed by atoms with Gasteiger partial charge in [-0.3, -0.25) is 4.79 Å². The summed E-state index contributed by atoms with van der Waals surface area (Å²) in [7, 11) is 0. The summed E-state index contributed by atoms with van der Waals surface area (Å²) in [5.41, 5.74) is 0. The van der Waals surface area contributed by atoms with Gasteiger partial charge in [-0.2, -0.15) is 0 Å². The lowest BCUT2D eigenvalue weighted by Gasteiger charge is -2.36. The molecule has 0 aromatic heterocycles. The molecule has 144 valence electrons. The van der Waals surface area contributed by atoms with Gasteiger partial charge in [0, 0.05) is 6.42 Å². The monoisotopic (exact) mass is 350 g/mol. The van der Waals surface area contributed by atoms with Crippen LogP contribution in [0.1, 0.15) is 90.9 Å². The van der Waals surface area contributed by atoms with Gasteiger partial charge in [0.05, 0.1) is 12.0 Å². The average Bonchev–Trinajstić information content (AvgIpc) is 2.59. The minimum Gasteiger partial charge on any atom is -0.461 e. The zero-order valence-corrected chi connectivity index (χ0v) is 16.3. The van der Waals surface area contributed by atoms with E-state index in [1.54, 1.807) is 0 Å². The second-order valence-electron chi connectivity index (χ2n) is 7.23. The van der Waals surface area contributed by atoms with Crippen LogP contribution in [-0.4, -0.2) is 23.3 Å². The Labute approximate surface area is 154 Å². The molecule has 0 amide bonds. The first-order valence-electron chi connectivity index (χ1n) is 10.4. The molecule has 1 N–H and O–H groups in total. The number of allylic oxidation sites excluding steroid dienone is 3. The molecule has 25 heavy (non-hydrogen) atoms. The number of cyclic esters (lactones) is 1. The zero-order valence-electron chi connectivity index (χ0n) is 16.3. The molecule has 0 unspecified atom stereocenters. The Bertz CT molecular complexity index is 400. The maximum absolute atomic E-state index is 11.6. The van der Waals surface area contributed by atoms with Gasteiger partial charge in [0.25, 0.3) is 0 Å². The highest BCUT2D eigenvalue weighted by atomic mass is 16.6. The highest BCUT2D eigenvalue weighted by Crippen LogP contribution is 2.31. The van der Waals surface area contributed by atoms with Crippen molar-refractivity contribution in [2.75, 3.05) is 0 Å². The summed E-state index contributed by atoms with van der Waals surface area (Å²) >= 11 is 0. The van der Waals surface area contributed by atoms with E-state index >= 15 is 0 Å². The number of carbonyl (C=O) groups excluding carboxylic acids is 1. The Morgan fingerprint density at radius 2 is 1.72 bits per heavy atom. The highest BCUT2D eigenvalue weighted by Gasteiger charge is 2.42. The Hall–Kier alpha value is -1.09. The molecule has 1 heterocycles. The minimum atomic E-state index is -0.416. The third-order valence-corrected chi connectivity index (χ3v) is 4.88. The lowest BCUT2D eigenvalue weighted by Crippen LogP contribution is -2.46. The summed E-state index contributed by atoms with van der Waals surface area (Å²) in [6.07, 6.45) is 20.9. The summed E-state index contributed by atoms with van der Waals surface area (Å²) in [5, 5.41) is 10.1. The molecule has 0 bridgehead atoms. The van der Waals surface area contributed by atoms with E-state index < -0.39 is 6.10 Å². The maximum Gasteiger partial charge on any atom is 0.313 e. The van der Waals surface area contributed by atoms with Crippen LogP contribution in [0.2, 0.25) is 0 Å². The summed E-state index contributed by atoms with van der Waals surface area (Å²) in [5.74, 6) is -0.0565. The summed E-state index contributed by atoms with van der Waals surface area (Å²) in [4.78, 5) is 11.6. The zero-order chi connectivity index (χ0) is 18.3.